The van der Waals surface area contributed by atoms with Crippen molar-refractivity contribution in [3.8, 4) is 0 Å². The van der Waals surface area contributed by atoms with Gasteiger partial charge in [0.15, 0.2) is 0 Å². The van der Waals surface area contributed by atoms with Gasteiger partial charge >= 0.3 is 0 Å². The SMILES string of the molecule is CCOC[C@H]1CN(CCCN)CC1(C)C. The quantitative estimate of drug-likeness (QED) is 0.725. The number of rotatable bonds is 6. The maximum Gasteiger partial charge on any atom is 0.0511 e. The highest BCUT2D eigenvalue weighted by atomic mass is 16.5. The minimum Gasteiger partial charge on any atom is -0.381 e. The zero-order valence-electron chi connectivity index (χ0n) is 10.5. The Morgan fingerprint density at radius 1 is 1.47 bits per heavy atom. The maximum atomic E-state index is 5.55. The van der Waals surface area contributed by atoms with Crippen molar-refractivity contribution in [3.05, 3.63) is 0 Å². The molecule has 1 atom stereocenters. The molecule has 1 aliphatic heterocycles. The summed E-state index contributed by atoms with van der Waals surface area (Å²) >= 11 is 0. The van der Waals surface area contributed by atoms with Crippen molar-refractivity contribution in [2.75, 3.05) is 39.4 Å². The van der Waals surface area contributed by atoms with Crippen LogP contribution in [0.2, 0.25) is 0 Å². The molecule has 1 fully saturated rings. The van der Waals surface area contributed by atoms with Crippen LogP contribution in [-0.4, -0.2) is 44.3 Å². The Balaban J connectivity index is 2.37. The zero-order valence-corrected chi connectivity index (χ0v) is 10.5. The fraction of sp³-hybridized carbons (Fsp3) is 1.00. The average Bonchev–Trinajstić information content (AvgIpc) is 2.47. The number of nitrogens with zero attached hydrogens (tertiary/aromatic N) is 1. The van der Waals surface area contributed by atoms with Crippen molar-refractivity contribution in [1.82, 2.24) is 4.90 Å². The predicted molar refractivity (Wildman–Crippen MR) is 63.9 cm³/mol. The van der Waals surface area contributed by atoms with E-state index in [1.807, 2.05) is 0 Å². The van der Waals surface area contributed by atoms with E-state index in [9.17, 15) is 0 Å². The molecule has 0 aromatic heterocycles. The molecule has 90 valence electrons. The van der Waals surface area contributed by atoms with Gasteiger partial charge in [0, 0.05) is 25.6 Å². The number of nitrogens with two attached hydrogens (primary N) is 1. The first kappa shape index (κ1) is 12.9. The Morgan fingerprint density at radius 2 is 2.20 bits per heavy atom. The molecule has 15 heavy (non-hydrogen) atoms. The molecule has 0 bridgehead atoms. The molecule has 0 amide bonds. The second-order valence-electron chi connectivity index (χ2n) is 5.22. The van der Waals surface area contributed by atoms with Crippen LogP contribution in [-0.2, 0) is 4.74 Å². The lowest BCUT2D eigenvalue weighted by atomic mass is 9.83. The average molecular weight is 214 g/mol. The third-order valence-corrected chi connectivity index (χ3v) is 3.42. The van der Waals surface area contributed by atoms with Crippen molar-refractivity contribution in [2.24, 2.45) is 17.1 Å². The first-order valence-electron chi connectivity index (χ1n) is 6.10. The third kappa shape index (κ3) is 3.74. The van der Waals surface area contributed by atoms with Crippen LogP contribution in [0.1, 0.15) is 27.2 Å². The molecule has 3 nitrogen and oxygen atoms in total. The van der Waals surface area contributed by atoms with Gasteiger partial charge in [-0.15, -0.1) is 0 Å². The predicted octanol–water partition coefficient (Wildman–Crippen LogP) is 1.33. The molecular weight excluding hydrogens is 188 g/mol. The van der Waals surface area contributed by atoms with Crippen LogP contribution in [0.15, 0.2) is 0 Å². The molecule has 0 aromatic carbocycles. The van der Waals surface area contributed by atoms with Crippen LogP contribution in [0.5, 0.6) is 0 Å². The Kier molecular flexibility index (Phi) is 5.03. The second-order valence-corrected chi connectivity index (χ2v) is 5.22. The summed E-state index contributed by atoms with van der Waals surface area (Å²) in [6, 6.07) is 0. The van der Waals surface area contributed by atoms with Crippen LogP contribution in [0.25, 0.3) is 0 Å². The molecule has 0 unspecified atom stereocenters. The monoisotopic (exact) mass is 214 g/mol. The van der Waals surface area contributed by atoms with Gasteiger partial charge in [0.1, 0.15) is 0 Å². The summed E-state index contributed by atoms with van der Waals surface area (Å²) in [6.07, 6.45) is 1.11. The first-order chi connectivity index (χ1) is 7.10. The molecule has 0 aromatic rings. The zero-order chi connectivity index (χ0) is 11.3. The first-order valence-corrected chi connectivity index (χ1v) is 6.10. The van der Waals surface area contributed by atoms with E-state index < -0.39 is 0 Å². The standard InChI is InChI=1S/C12H26N2O/c1-4-15-9-11-8-14(7-5-6-13)10-12(11,2)3/h11H,4-10,13H2,1-3H3/t11-/m1/s1. The Morgan fingerprint density at radius 3 is 2.80 bits per heavy atom. The number of hydrogen-bond donors (Lipinski definition) is 1. The molecule has 1 aliphatic rings. The van der Waals surface area contributed by atoms with Gasteiger partial charge in [-0.2, -0.15) is 0 Å². The molecule has 1 saturated heterocycles. The molecule has 1 heterocycles. The van der Waals surface area contributed by atoms with Crippen LogP contribution < -0.4 is 5.73 Å². The van der Waals surface area contributed by atoms with Crippen molar-refractivity contribution in [2.45, 2.75) is 27.2 Å². The lowest BCUT2D eigenvalue weighted by Gasteiger charge is -2.25. The normalized spacial score (nSPS) is 26.0. The molecule has 1 rings (SSSR count). The molecule has 0 radical (unpaired) electrons. The third-order valence-electron chi connectivity index (χ3n) is 3.42. The van der Waals surface area contributed by atoms with Crippen LogP contribution in [0.4, 0.5) is 0 Å². The minimum absolute atomic E-state index is 0.393. The van der Waals surface area contributed by atoms with E-state index in [-0.39, 0.29) is 0 Å². The summed E-state index contributed by atoms with van der Waals surface area (Å²) in [6.45, 7) is 12.8. The van der Waals surface area contributed by atoms with E-state index in [4.69, 9.17) is 10.5 Å². The van der Waals surface area contributed by atoms with Gasteiger partial charge < -0.3 is 15.4 Å². The summed E-state index contributed by atoms with van der Waals surface area (Å²) in [4.78, 5) is 2.52. The number of hydrogen-bond acceptors (Lipinski definition) is 3. The number of ether oxygens (including phenoxy) is 1. The van der Waals surface area contributed by atoms with Crippen molar-refractivity contribution in [3.63, 3.8) is 0 Å². The highest BCUT2D eigenvalue weighted by Crippen LogP contribution is 2.35. The van der Waals surface area contributed by atoms with E-state index in [1.54, 1.807) is 0 Å². The van der Waals surface area contributed by atoms with Crippen molar-refractivity contribution in [1.29, 1.82) is 0 Å². The fourth-order valence-electron chi connectivity index (χ4n) is 2.35. The van der Waals surface area contributed by atoms with E-state index >= 15 is 0 Å². The Bertz CT molecular complexity index is 182. The molecule has 3 heteroatoms. The lowest BCUT2D eigenvalue weighted by molar-refractivity contribution is 0.0797. The van der Waals surface area contributed by atoms with Gasteiger partial charge in [-0.05, 0) is 31.8 Å². The van der Waals surface area contributed by atoms with Gasteiger partial charge in [-0.25, -0.2) is 0 Å². The summed E-state index contributed by atoms with van der Waals surface area (Å²) < 4.78 is 5.55. The summed E-state index contributed by atoms with van der Waals surface area (Å²) in [5.41, 5.74) is 5.93. The molecule has 0 saturated carbocycles. The Hall–Kier alpha value is -0.120. The highest BCUT2D eigenvalue weighted by molar-refractivity contribution is 4.90. The van der Waals surface area contributed by atoms with Gasteiger partial charge in [0.2, 0.25) is 0 Å². The molecular formula is C12H26N2O. The van der Waals surface area contributed by atoms with Gasteiger partial charge in [0.05, 0.1) is 6.61 Å². The van der Waals surface area contributed by atoms with Gasteiger partial charge in [-0.1, -0.05) is 13.8 Å². The topological polar surface area (TPSA) is 38.5 Å². The van der Waals surface area contributed by atoms with Crippen LogP contribution in [0.3, 0.4) is 0 Å². The maximum absolute atomic E-state index is 5.55. The molecule has 2 N–H and O–H groups in total. The van der Waals surface area contributed by atoms with E-state index in [1.165, 1.54) is 13.1 Å². The minimum atomic E-state index is 0.393. The fourth-order valence-corrected chi connectivity index (χ4v) is 2.35. The van der Waals surface area contributed by atoms with Crippen LogP contribution >= 0.6 is 0 Å². The van der Waals surface area contributed by atoms with Gasteiger partial charge in [-0.3, -0.25) is 0 Å². The van der Waals surface area contributed by atoms with E-state index in [2.05, 4.69) is 25.7 Å². The lowest BCUT2D eigenvalue weighted by Crippen LogP contribution is -2.26. The van der Waals surface area contributed by atoms with Crippen molar-refractivity contribution >= 4 is 0 Å². The summed E-state index contributed by atoms with van der Waals surface area (Å²) in [5.74, 6) is 0.676. The highest BCUT2D eigenvalue weighted by Gasteiger charge is 2.38. The second kappa shape index (κ2) is 5.83. The van der Waals surface area contributed by atoms with E-state index in [0.717, 1.165) is 32.7 Å². The van der Waals surface area contributed by atoms with Crippen molar-refractivity contribution < 1.29 is 4.74 Å². The summed E-state index contributed by atoms with van der Waals surface area (Å²) in [7, 11) is 0. The Labute approximate surface area is 94.0 Å². The summed E-state index contributed by atoms with van der Waals surface area (Å²) in [5, 5.41) is 0. The number of likely N-dealkylation sites (tertiary alicyclic amines) is 1. The van der Waals surface area contributed by atoms with Crippen LogP contribution in [0, 0.1) is 11.3 Å². The largest absolute Gasteiger partial charge is 0.381 e. The smallest absolute Gasteiger partial charge is 0.0511 e. The molecule has 0 aliphatic carbocycles. The van der Waals surface area contributed by atoms with Gasteiger partial charge in [0.25, 0.3) is 0 Å². The van der Waals surface area contributed by atoms with E-state index in [0.29, 0.717) is 11.3 Å². The molecule has 0 spiro atoms.